The predicted molar refractivity (Wildman–Crippen MR) is 85.5 cm³/mol. The maximum absolute atomic E-state index is 12.9. The van der Waals surface area contributed by atoms with Crippen molar-refractivity contribution in [1.82, 2.24) is 14.5 Å². The average Bonchev–Trinajstić information content (AvgIpc) is 2.98. The van der Waals surface area contributed by atoms with Crippen molar-refractivity contribution in [1.29, 1.82) is 0 Å². The number of aromatic nitrogens is 2. The van der Waals surface area contributed by atoms with Crippen molar-refractivity contribution in [2.75, 3.05) is 13.1 Å². The normalized spacial score (nSPS) is 22.5. The molecule has 2 N–H and O–H groups in total. The molecule has 0 radical (unpaired) electrons. The Bertz CT molecular complexity index is 474. The Kier molecular flexibility index (Phi) is 5.70. The van der Waals surface area contributed by atoms with Crippen LogP contribution in [0.3, 0.4) is 0 Å². The van der Waals surface area contributed by atoms with Crippen LogP contribution in [0.5, 0.6) is 0 Å². The van der Waals surface area contributed by atoms with E-state index in [1.54, 1.807) is 0 Å². The lowest BCUT2D eigenvalue weighted by molar-refractivity contribution is 0.0563. The van der Waals surface area contributed by atoms with E-state index in [0.29, 0.717) is 17.3 Å². The van der Waals surface area contributed by atoms with Crippen LogP contribution in [0.1, 0.15) is 67.7 Å². The van der Waals surface area contributed by atoms with Crippen LogP contribution < -0.4 is 5.73 Å². The molecule has 1 aromatic rings. The number of carbonyl (C=O) groups is 1. The monoisotopic (exact) mass is 310 g/mol. The number of nitrogens with two attached hydrogens (primary N) is 1. The Labute approximate surface area is 131 Å². The van der Waals surface area contributed by atoms with E-state index in [0.717, 1.165) is 25.1 Å². The van der Waals surface area contributed by atoms with E-state index >= 15 is 0 Å². The number of amides is 1. The molecule has 1 fully saturated rings. The summed E-state index contributed by atoms with van der Waals surface area (Å²) in [5.41, 5.74) is 6.75. The molecule has 21 heavy (non-hydrogen) atoms. The summed E-state index contributed by atoms with van der Waals surface area (Å²) in [6, 6.07) is 0.267. The molecule has 6 heteroatoms. The third-order valence-electron chi connectivity index (χ3n) is 4.43. The summed E-state index contributed by atoms with van der Waals surface area (Å²) in [6.45, 7) is 7.52. The van der Waals surface area contributed by atoms with Gasteiger partial charge >= 0.3 is 0 Å². The average molecular weight is 310 g/mol. The highest BCUT2D eigenvalue weighted by atomic mass is 32.1. The molecule has 0 spiro atoms. The van der Waals surface area contributed by atoms with Crippen LogP contribution in [-0.2, 0) is 0 Å². The van der Waals surface area contributed by atoms with Gasteiger partial charge in [-0.2, -0.15) is 0 Å². The summed E-state index contributed by atoms with van der Waals surface area (Å²) in [5.74, 6) is 0.727. The first-order valence-electron chi connectivity index (χ1n) is 7.93. The van der Waals surface area contributed by atoms with Gasteiger partial charge in [0.2, 0.25) is 0 Å². The zero-order chi connectivity index (χ0) is 15.4. The summed E-state index contributed by atoms with van der Waals surface area (Å²) >= 11 is 1.22. The summed E-state index contributed by atoms with van der Waals surface area (Å²) in [7, 11) is 0. The number of nitrogens with zero attached hydrogens (tertiary/aromatic N) is 3. The minimum absolute atomic E-state index is 0.0848. The van der Waals surface area contributed by atoms with Gasteiger partial charge in [0.05, 0.1) is 5.69 Å². The largest absolute Gasteiger partial charge is 0.335 e. The van der Waals surface area contributed by atoms with Gasteiger partial charge in [0, 0.05) is 12.6 Å². The van der Waals surface area contributed by atoms with E-state index in [2.05, 4.69) is 9.59 Å². The van der Waals surface area contributed by atoms with Gasteiger partial charge in [0.1, 0.15) is 4.88 Å². The maximum Gasteiger partial charge on any atom is 0.267 e. The van der Waals surface area contributed by atoms with Gasteiger partial charge in [-0.15, -0.1) is 5.10 Å². The molecule has 0 aromatic carbocycles. The van der Waals surface area contributed by atoms with Gasteiger partial charge in [-0.05, 0) is 49.7 Å². The van der Waals surface area contributed by atoms with Crippen LogP contribution in [0.4, 0.5) is 0 Å². The molecule has 0 aliphatic heterocycles. The summed E-state index contributed by atoms with van der Waals surface area (Å²) in [5, 5.41) is 4.13. The standard InChI is InChI=1S/C15H26N4OS/c1-4-19(12-8-6-5-7-11(12)9-16)15(20)14-13(10(2)3)17-18-21-14/h10-12H,4-9,16H2,1-3H3. The second-order valence-corrected chi connectivity index (χ2v) is 6.83. The third kappa shape index (κ3) is 3.43. The van der Waals surface area contributed by atoms with Gasteiger partial charge in [-0.1, -0.05) is 31.2 Å². The lowest BCUT2D eigenvalue weighted by Gasteiger charge is -2.39. The number of hydrogen-bond donors (Lipinski definition) is 1. The molecule has 118 valence electrons. The van der Waals surface area contributed by atoms with Crippen molar-refractivity contribution < 1.29 is 4.79 Å². The molecule has 1 amide bonds. The quantitative estimate of drug-likeness (QED) is 0.907. The highest BCUT2D eigenvalue weighted by molar-refractivity contribution is 7.08. The molecular weight excluding hydrogens is 284 g/mol. The van der Waals surface area contributed by atoms with Gasteiger partial charge in [0.15, 0.2) is 0 Å². The lowest BCUT2D eigenvalue weighted by Crippen LogP contribution is -2.48. The van der Waals surface area contributed by atoms with Crippen molar-refractivity contribution in [2.24, 2.45) is 11.7 Å². The third-order valence-corrected chi connectivity index (χ3v) is 5.16. The molecule has 2 atom stereocenters. The molecule has 1 heterocycles. The minimum Gasteiger partial charge on any atom is -0.335 e. The van der Waals surface area contributed by atoms with E-state index in [1.807, 2.05) is 25.7 Å². The second kappa shape index (κ2) is 7.31. The number of carbonyl (C=O) groups excluding carboxylic acids is 1. The Hall–Kier alpha value is -1.01. The van der Waals surface area contributed by atoms with Crippen molar-refractivity contribution in [3.63, 3.8) is 0 Å². The number of hydrogen-bond acceptors (Lipinski definition) is 5. The summed E-state index contributed by atoms with van der Waals surface area (Å²) in [6.07, 6.45) is 4.60. The van der Waals surface area contributed by atoms with Gasteiger partial charge in [0.25, 0.3) is 5.91 Å². The van der Waals surface area contributed by atoms with Crippen molar-refractivity contribution in [3.05, 3.63) is 10.6 Å². The molecule has 2 unspecified atom stereocenters. The van der Waals surface area contributed by atoms with E-state index in [4.69, 9.17) is 5.73 Å². The van der Waals surface area contributed by atoms with Crippen LogP contribution in [0.25, 0.3) is 0 Å². The fraction of sp³-hybridized carbons (Fsp3) is 0.800. The van der Waals surface area contributed by atoms with E-state index in [9.17, 15) is 4.79 Å². The van der Waals surface area contributed by atoms with Crippen LogP contribution in [0, 0.1) is 5.92 Å². The van der Waals surface area contributed by atoms with Gasteiger partial charge in [-0.25, -0.2) is 0 Å². The molecule has 2 rings (SSSR count). The fourth-order valence-electron chi connectivity index (χ4n) is 3.26. The van der Waals surface area contributed by atoms with Crippen molar-refractivity contribution >= 4 is 17.4 Å². The zero-order valence-corrected chi connectivity index (χ0v) is 14.0. The van der Waals surface area contributed by atoms with E-state index < -0.39 is 0 Å². The van der Waals surface area contributed by atoms with Crippen LogP contribution in [-0.4, -0.2) is 39.5 Å². The van der Waals surface area contributed by atoms with Crippen LogP contribution in [0.15, 0.2) is 0 Å². The summed E-state index contributed by atoms with van der Waals surface area (Å²) < 4.78 is 3.98. The second-order valence-electron chi connectivity index (χ2n) is 6.08. The predicted octanol–water partition coefficient (Wildman–Crippen LogP) is 2.64. The first-order valence-corrected chi connectivity index (χ1v) is 8.70. The Balaban J connectivity index is 2.23. The van der Waals surface area contributed by atoms with Gasteiger partial charge in [-0.3, -0.25) is 4.79 Å². The molecule has 1 aliphatic rings. The SMILES string of the molecule is CCN(C(=O)c1snnc1C(C)C)C1CCCCC1CN. The van der Waals surface area contributed by atoms with E-state index in [1.165, 1.54) is 24.4 Å². The van der Waals surface area contributed by atoms with Crippen molar-refractivity contribution in [3.8, 4) is 0 Å². The molecule has 0 bridgehead atoms. The molecular formula is C15H26N4OS. The van der Waals surface area contributed by atoms with Crippen LogP contribution in [0.2, 0.25) is 0 Å². The molecule has 5 nitrogen and oxygen atoms in total. The fourth-order valence-corrected chi connectivity index (χ4v) is 4.03. The number of rotatable bonds is 5. The lowest BCUT2D eigenvalue weighted by atomic mass is 9.83. The Morgan fingerprint density at radius 1 is 1.43 bits per heavy atom. The topological polar surface area (TPSA) is 72.1 Å². The minimum atomic E-state index is 0.0848. The highest BCUT2D eigenvalue weighted by Crippen LogP contribution is 2.30. The highest BCUT2D eigenvalue weighted by Gasteiger charge is 2.33. The Morgan fingerprint density at radius 3 is 2.76 bits per heavy atom. The molecule has 1 saturated carbocycles. The molecule has 1 aromatic heterocycles. The van der Waals surface area contributed by atoms with Crippen LogP contribution >= 0.6 is 11.5 Å². The van der Waals surface area contributed by atoms with E-state index in [-0.39, 0.29) is 17.9 Å². The maximum atomic E-state index is 12.9. The summed E-state index contributed by atoms with van der Waals surface area (Å²) in [4.78, 5) is 15.6. The smallest absolute Gasteiger partial charge is 0.267 e. The molecule has 1 aliphatic carbocycles. The Morgan fingerprint density at radius 2 is 2.14 bits per heavy atom. The molecule has 0 saturated heterocycles. The van der Waals surface area contributed by atoms with Crippen molar-refractivity contribution in [2.45, 2.75) is 58.4 Å². The first kappa shape index (κ1) is 16.4. The zero-order valence-electron chi connectivity index (χ0n) is 13.2. The van der Waals surface area contributed by atoms with Gasteiger partial charge < -0.3 is 10.6 Å². The first-order chi connectivity index (χ1) is 10.1.